The number of halogens is 2. The number of hydrogen-bond donors (Lipinski definition) is 0. The molecule has 4 nitrogen and oxygen atoms in total. The Bertz CT molecular complexity index is 1180. The molecule has 0 aliphatic rings. The van der Waals surface area contributed by atoms with Gasteiger partial charge in [-0.15, -0.1) is 0 Å². The highest BCUT2D eigenvalue weighted by molar-refractivity contribution is 7.99. The lowest BCUT2D eigenvalue weighted by Crippen LogP contribution is -2.28. The average molecular weight is 440 g/mol. The lowest BCUT2D eigenvalue weighted by molar-refractivity contribution is -0.115. The molecule has 0 saturated heterocycles. The Morgan fingerprint density at radius 2 is 1.80 bits per heavy atom. The fraction of sp³-hybridized carbons (Fsp3) is 0.130. The van der Waals surface area contributed by atoms with Gasteiger partial charge in [0.15, 0.2) is 5.16 Å². The van der Waals surface area contributed by atoms with Crippen LogP contribution in [0.5, 0.6) is 0 Å². The van der Waals surface area contributed by atoms with Crippen LogP contribution in [0.2, 0.25) is 5.02 Å². The molecule has 0 spiro atoms. The second-order valence-electron chi connectivity index (χ2n) is 6.75. The topological polar surface area (TPSA) is 38.1 Å². The third-order valence-corrected chi connectivity index (χ3v) is 6.16. The smallest absolute Gasteiger partial charge is 0.237 e. The molecule has 0 saturated carbocycles. The number of carbonyl (C=O) groups excluding carboxylic acids is 1. The van der Waals surface area contributed by atoms with E-state index in [2.05, 4.69) is 4.98 Å². The molecule has 0 aliphatic carbocycles. The fourth-order valence-electron chi connectivity index (χ4n) is 3.18. The maximum absolute atomic E-state index is 14.4. The number of anilines is 1. The summed E-state index contributed by atoms with van der Waals surface area (Å²) in [7, 11) is 1.75. The van der Waals surface area contributed by atoms with Gasteiger partial charge in [0, 0.05) is 23.3 Å². The van der Waals surface area contributed by atoms with E-state index in [1.165, 1.54) is 17.8 Å². The van der Waals surface area contributed by atoms with Gasteiger partial charge in [-0.25, -0.2) is 9.37 Å². The van der Waals surface area contributed by atoms with Crippen molar-refractivity contribution in [1.29, 1.82) is 0 Å². The summed E-state index contributed by atoms with van der Waals surface area (Å²) in [5.74, 6) is -0.204. The van der Waals surface area contributed by atoms with Crippen molar-refractivity contribution in [2.75, 3.05) is 17.7 Å². The number of amides is 1. The highest BCUT2D eigenvalue weighted by Crippen LogP contribution is 2.28. The summed E-state index contributed by atoms with van der Waals surface area (Å²) in [5.41, 5.74) is 2.88. The van der Waals surface area contributed by atoms with Gasteiger partial charge < -0.3 is 9.47 Å². The van der Waals surface area contributed by atoms with Crippen LogP contribution in [0.3, 0.4) is 0 Å². The maximum Gasteiger partial charge on any atom is 0.237 e. The zero-order valence-corrected chi connectivity index (χ0v) is 17.8. The Morgan fingerprint density at radius 1 is 1.07 bits per heavy atom. The Labute approximate surface area is 183 Å². The molecule has 4 rings (SSSR count). The second kappa shape index (κ2) is 8.90. The summed E-state index contributed by atoms with van der Waals surface area (Å²) in [5, 5.41) is 1.01. The van der Waals surface area contributed by atoms with Crippen LogP contribution in [0.4, 0.5) is 10.1 Å². The van der Waals surface area contributed by atoms with Crippen molar-refractivity contribution in [2.24, 2.45) is 0 Å². The van der Waals surface area contributed by atoms with Crippen LogP contribution in [0, 0.1) is 5.82 Å². The van der Waals surface area contributed by atoms with Gasteiger partial charge in [0.05, 0.1) is 23.3 Å². The molecule has 0 bridgehead atoms. The van der Waals surface area contributed by atoms with Crippen molar-refractivity contribution in [3.63, 3.8) is 0 Å². The van der Waals surface area contributed by atoms with Gasteiger partial charge in [-0.3, -0.25) is 4.79 Å². The van der Waals surface area contributed by atoms with Gasteiger partial charge in [-0.05, 0) is 36.4 Å². The Hall–Kier alpha value is -2.83. The molecule has 4 aromatic rings. The van der Waals surface area contributed by atoms with Crippen LogP contribution >= 0.6 is 23.4 Å². The van der Waals surface area contributed by atoms with Crippen LogP contribution in [-0.4, -0.2) is 28.3 Å². The molecule has 0 unspecified atom stereocenters. The minimum atomic E-state index is -0.365. The van der Waals surface area contributed by atoms with Crippen molar-refractivity contribution in [3.05, 3.63) is 89.2 Å². The van der Waals surface area contributed by atoms with E-state index in [9.17, 15) is 9.18 Å². The molecular weight excluding hydrogens is 421 g/mol. The van der Waals surface area contributed by atoms with Crippen LogP contribution in [0.25, 0.3) is 11.0 Å². The van der Waals surface area contributed by atoms with E-state index < -0.39 is 0 Å². The van der Waals surface area contributed by atoms with Gasteiger partial charge in [0.25, 0.3) is 0 Å². The first-order chi connectivity index (χ1) is 14.5. The Morgan fingerprint density at radius 3 is 2.57 bits per heavy atom. The van der Waals surface area contributed by atoms with Gasteiger partial charge in [0.2, 0.25) is 5.91 Å². The molecule has 0 fully saturated rings. The predicted molar refractivity (Wildman–Crippen MR) is 121 cm³/mol. The van der Waals surface area contributed by atoms with Gasteiger partial charge in [-0.1, -0.05) is 59.8 Å². The third-order valence-electron chi connectivity index (χ3n) is 4.84. The van der Waals surface area contributed by atoms with Crippen LogP contribution in [-0.2, 0) is 11.3 Å². The van der Waals surface area contributed by atoms with E-state index in [0.717, 1.165) is 16.7 Å². The zero-order valence-electron chi connectivity index (χ0n) is 16.3. The molecule has 30 heavy (non-hydrogen) atoms. The third kappa shape index (κ3) is 4.20. The first kappa shape index (κ1) is 20.4. The van der Waals surface area contributed by atoms with E-state index in [1.807, 2.05) is 59.2 Å². The summed E-state index contributed by atoms with van der Waals surface area (Å²) in [6, 6.07) is 21.8. The van der Waals surface area contributed by atoms with Crippen LogP contribution in [0.15, 0.2) is 78.0 Å². The molecule has 0 aliphatic heterocycles. The fourth-order valence-corrected chi connectivity index (χ4v) is 4.33. The van der Waals surface area contributed by atoms with Gasteiger partial charge in [0.1, 0.15) is 5.82 Å². The average Bonchev–Trinajstić information content (AvgIpc) is 3.12. The minimum absolute atomic E-state index is 0.0475. The summed E-state index contributed by atoms with van der Waals surface area (Å²) in [6.45, 7) is 0.233. The van der Waals surface area contributed by atoms with Crippen LogP contribution < -0.4 is 4.90 Å². The van der Waals surface area contributed by atoms with E-state index in [1.54, 1.807) is 24.1 Å². The summed E-state index contributed by atoms with van der Waals surface area (Å²) < 4.78 is 16.3. The lowest BCUT2D eigenvalue weighted by Gasteiger charge is -2.17. The zero-order chi connectivity index (χ0) is 21.1. The van der Waals surface area contributed by atoms with Crippen LogP contribution in [0.1, 0.15) is 5.56 Å². The summed E-state index contributed by atoms with van der Waals surface area (Å²) >= 11 is 7.58. The van der Waals surface area contributed by atoms with Crippen molar-refractivity contribution in [2.45, 2.75) is 11.7 Å². The molecule has 1 amide bonds. The molecular formula is C23H19ClFN3OS. The number of imidazole rings is 1. The van der Waals surface area contributed by atoms with Crippen molar-refractivity contribution >= 4 is 46.0 Å². The summed E-state index contributed by atoms with van der Waals surface area (Å²) in [4.78, 5) is 19.0. The number of thioether (sulfide) groups is 1. The standard InChI is InChI=1S/C23H19ClFN3OS/c1-27(16-8-3-2-4-9-16)22(29)15-30-23-26-20-12-5-6-13-21(20)28(23)14-17-18(24)10-7-11-19(17)25/h2-13H,14-15H2,1H3. The molecule has 7 heteroatoms. The second-order valence-corrected chi connectivity index (χ2v) is 8.10. The number of carbonyl (C=O) groups is 1. The number of nitrogens with zero attached hydrogens (tertiary/aromatic N) is 3. The molecule has 0 N–H and O–H groups in total. The highest BCUT2D eigenvalue weighted by atomic mass is 35.5. The van der Waals surface area contributed by atoms with Crippen molar-refractivity contribution in [1.82, 2.24) is 9.55 Å². The summed E-state index contributed by atoms with van der Waals surface area (Å²) in [6.07, 6.45) is 0. The Kier molecular flexibility index (Phi) is 6.06. The molecule has 0 radical (unpaired) electrons. The lowest BCUT2D eigenvalue weighted by atomic mass is 10.2. The highest BCUT2D eigenvalue weighted by Gasteiger charge is 2.18. The number of benzene rings is 3. The quantitative estimate of drug-likeness (QED) is 0.365. The first-order valence-corrected chi connectivity index (χ1v) is 10.7. The maximum atomic E-state index is 14.4. The van der Waals surface area contributed by atoms with Gasteiger partial charge >= 0.3 is 0 Å². The molecule has 1 aromatic heterocycles. The molecule has 0 atom stereocenters. The van der Waals surface area contributed by atoms with Crippen molar-refractivity contribution in [3.8, 4) is 0 Å². The number of fused-ring (bicyclic) bond motifs is 1. The van der Waals surface area contributed by atoms with Gasteiger partial charge in [-0.2, -0.15) is 0 Å². The van der Waals surface area contributed by atoms with E-state index in [-0.39, 0.29) is 24.0 Å². The first-order valence-electron chi connectivity index (χ1n) is 9.37. The predicted octanol–water partition coefficient (Wildman–Crippen LogP) is 5.63. The van der Waals surface area contributed by atoms with E-state index >= 15 is 0 Å². The van der Waals surface area contributed by atoms with Crippen molar-refractivity contribution < 1.29 is 9.18 Å². The molecule has 3 aromatic carbocycles. The van der Waals surface area contributed by atoms with E-state index in [0.29, 0.717) is 15.7 Å². The normalized spacial score (nSPS) is 11.0. The number of aromatic nitrogens is 2. The number of rotatable bonds is 6. The molecule has 1 heterocycles. The van der Waals surface area contributed by atoms with E-state index in [4.69, 9.17) is 11.6 Å². The number of hydrogen-bond acceptors (Lipinski definition) is 3. The minimum Gasteiger partial charge on any atom is -0.315 e. The number of para-hydroxylation sites is 3. The largest absolute Gasteiger partial charge is 0.315 e. The Balaban J connectivity index is 1.61. The SMILES string of the molecule is CN(C(=O)CSc1nc2ccccc2n1Cc1c(F)cccc1Cl)c1ccccc1. The molecule has 152 valence electrons. The monoisotopic (exact) mass is 439 g/mol.